The van der Waals surface area contributed by atoms with Gasteiger partial charge in [0.15, 0.2) is 0 Å². The molecule has 0 aromatic rings. The smallest absolute Gasteiger partial charge is 0.0518 e. The van der Waals surface area contributed by atoms with Crippen molar-refractivity contribution in [3.8, 4) is 0 Å². The van der Waals surface area contributed by atoms with Gasteiger partial charge in [-0.25, -0.2) is 0 Å². The predicted molar refractivity (Wildman–Crippen MR) is 209 cm³/mol. The maximum atomic E-state index is 5.54. The average molecular weight is 671 g/mol. The zero-order valence-electron chi connectivity index (χ0n) is 30.6. The lowest BCUT2D eigenvalue weighted by Gasteiger charge is -2.08. The Morgan fingerprint density at radius 3 is 0.717 bits per heavy atom. The standard InChI is InChI=1S/C15H32O3.C12H26O2.C9H20O.4CH4/c1-14(2)8-5-9-16-10-6-11-17-12-7-13-18-15(3)4;1-11(2)7-5-8-13-9-6-10-14-12(3)4;1-8(2)6-5-7-10-9(3)4;;;;/h14-15H,5-13H2,1-4H3;11-12H,5-10H2,1-4H3;8-9H,5-7H2,1-4H3;4*1H4. The molecule has 46 heavy (non-hydrogen) atoms. The van der Waals surface area contributed by atoms with Gasteiger partial charge in [0.2, 0.25) is 0 Å². The van der Waals surface area contributed by atoms with Crippen LogP contribution in [0.1, 0.15) is 171 Å². The zero-order valence-corrected chi connectivity index (χ0v) is 30.6. The van der Waals surface area contributed by atoms with E-state index < -0.39 is 0 Å². The number of hydrogen-bond donors (Lipinski definition) is 0. The third-order valence-electron chi connectivity index (χ3n) is 5.86. The third kappa shape index (κ3) is 74.6. The first kappa shape index (κ1) is 61.0. The van der Waals surface area contributed by atoms with Crippen molar-refractivity contribution >= 4 is 0 Å². The molecule has 0 rings (SSSR count). The minimum atomic E-state index is 0. The largest absolute Gasteiger partial charge is 0.381 e. The SMILES string of the molecule is C.C.C.C.CC(C)CCCOC(C)C.CC(C)CCCOCCCOC(C)C.CC(C)CCCOCCCOCCCOC(C)C. The summed E-state index contributed by atoms with van der Waals surface area (Å²) in [4.78, 5) is 0. The lowest BCUT2D eigenvalue weighted by Crippen LogP contribution is -2.08. The van der Waals surface area contributed by atoms with E-state index in [9.17, 15) is 0 Å². The Bertz CT molecular complexity index is 425. The highest BCUT2D eigenvalue weighted by Crippen LogP contribution is 2.05. The van der Waals surface area contributed by atoms with Crippen LogP contribution in [0.3, 0.4) is 0 Å². The highest BCUT2D eigenvalue weighted by atomic mass is 16.5. The van der Waals surface area contributed by atoms with Crippen LogP contribution in [0.5, 0.6) is 0 Å². The van der Waals surface area contributed by atoms with Gasteiger partial charge < -0.3 is 28.4 Å². The highest BCUT2D eigenvalue weighted by Gasteiger charge is 1.98. The van der Waals surface area contributed by atoms with Crippen molar-refractivity contribution in [2.45, 2.75) is 189 Å². The van der Waals surface area contributed by atoms with E-state index >= 15 is 0 Å². The molecule has 0 aliphatic carbocycles. The van der Waals surface area contributed by atoms with E-state index in [1.54, 1.807) is 0 Å². The van der Waals surface area contributed by atoms with E-state index in [2.05, 4.69) is 83.1 Å². The van der Waals surface area contributed by atoms with E-state index in [1.807, 2.05) is 0 Å². The molecule has 0 heterocycles. The van der Waals surface area contributed by atoms with Gasteiger partial charge in [0, 0.05) is 59.5 Å². The fraction of sp³-hybridized carbons (Fsp3) is 1.00. The Labute approximate surface area is 294 Å². The Balaban J connectivity index is -0.0000000985. The molecule has 0 saturated carbocycles. The zero-order chi connectivity index (χ0) is 32.4. The number of hydrogen-bond acceptors (Lipinski definition) is 6. The quantitative estimate of drug-likeness (QED) is 0.0811. The van der Waals surface area contributed by atoms with Crippen molar-refractivity contribution < 1.29 is 28.4 Å². The second-order valence-corrected chi connectivity index (χ2v) is 13.3. The molecular formula is C40H94O6. The summed E-state index contributed by atoms with van der Waals surface area (Å²) in [6.07, 6.45) is 11.4. The monoisotopic (exact) mass is 671 g/mol. The first-order valence-electron chi connectivity index (χ1n) is 17.5. The summed E-state index contributed by atoms with van der Waals surface area (Å²) in [5.74, 6) is 2.39. The van der Waals surface area contributed by atoms with Crippen molar-refractivity contribution in [1.29, 1.82) is 0 Å². The van der Waals surface area contributed by atoms with Gasteiger partial charge in [-0.1, -0.05) is 71.2 Å². The summed E-state index contributed by atoms with van der Waals surface area (Å²) in [5.41, 5.74) is 0. The summed E-state index contributed by atoms with van der Waals surface area (Å²) >= 11 is 0. The molecule has 0 spiro atoms. The minimum absolute atomic E-state index is 0. The summed E-state index contributed by atoms with van der Waals surface area (Å²) in [6.45, 7) is 33.4. The van der Waals surface area contributed by atoms with Crippen LogP contribution >= 0.6 is 0 Å². The summed E-state index contributed by atoms with van der Waals surface area (Å²) in [5, 5.41) is 0. The Hall–Kier alpha value is -0.240. The van der Waals surface area contributed by atoms with Crippen LogP contribution < -0.4 is 0 Å². The van der Waals surface area contributed by atoms with Crippen LogP contribution in [0, 0.1) is 17.8 Å². The molecule has 290 valence electrons. The average Bonchev–Trinajstić information content (AvgIpc) is 2.88. The van der Waals surface area contributed by atoms with Crippen LogP contribution in [0.4, 0.5) is 0 Å². The molecule has 0 aromatic carbocycles. The van der Waals surface area contributed by atoms with Gasteiger partial charge >= 0.3 is 0 Å². The van der Waals surface area contributed by atoms with Crippen LogP contribution in [-0.2, 0) is 28.4 Å². The molecule has 0 fully saturated rings. The van der Waals surface area contributed by atoms with E-state index in [0.29, 0.717) is 18.3 Å². The Kier molecular flexibility index (Phi) is 65.2. The van der Waals surface area contributed by atoms with Crippen molar-refractivity contribution in [1.82, 2.24) is 0 Å². The van der Waals surface area contributed by atoms with Gasteiger partial charge in [0.1, 0.15) is 0 Å². The molecular weight excluding hydrogens is 576 g/mol. The fourth-order valence-electron chi connectivity index (χ4n) is 3.53. The molecule has 0 amide bonds. The summed E-state index contributed by atoms with van der Waals surface area (Å²) in [6, 6.07) is 0. The van der Waals surface area contributed by atoms with E-state index in [1.165, 1.54) is 38.5 Å². The molecule has 0 atom stereocenters. The topological polar surface area (TPSA) is 55.4 Å². The van der Waals surface area contributed by atoms with E-state index in [-0.39, 0.29) is 29.7 Å². The van der Waals surface area contributed by atoms with Crippen molar-refractivity contribution in [3.63, 3.8) is 0 Å². The molecule has 0 aromatic heterocycles. The summed E-state index contributed by atoms with van der Waals surface area (Å²) < 4.78 is 32.8. The lowest BCUT2D eigenvalue weighted by atomic mass is 10.1. The minimum Gasteiger partial charge on any atom is -0.381 e. The second kappa shape index (κ2) is 49.2. The molecule has 0 N–H and O–H groups in total. The summed E-state index contributed by atoms with van der Waals surface area (Å²) in [7, 11) is 0. The van der Waals surface area contributed by atoms with Crippen molar-refractivity contribution in [2.75, 3.05) is 59.5 Å². The van der Waals surface area contributed by atoms with Gasteiger partial charge in [-0.05, 0) is 117 Å². The molecule has 0 saturated heterocycles. The van der Waals surface area contributed by atoms with Gasteiger partial charge in [-0.3, -0.25) is 0 Å². The van der Waals surface area contributed by atoms with Crippen LogP contribution in [0.25, 0.3) is 0 Å². The van der Waals surface area contributed by atoms with Crippen LogP contribution in [-0.4, -0.2) is 77.8 Å². The second-order valence-electron chi connectivity index (χ2n) is 13.3. The Morgan fingerprint density at radius 2 is 0.478 bits per heavy atom. The maximum absolute atomic E-state index is 5.54. The molecule has 0 radical (unpaired) electrons. The van der Waals surface area contributed by atoms with Gasteiger partial charge in [0.25, 0.3) is 0 Å². The normalized spacial score (nSPS) is 10.6. The molecule has 0 aliphatic rings. The van der Waals surface area contributed by atoms with Gasteiger partial charge in [-0.15, -0.1) is 0 Å². The first-order valence-corrected chi connectivity index (χ1v) is 17.5. The van der Waals surface area contributed by atoms with Gasteiger partial charge in [0.05, 0.1) is 18.3 Å². The van der Waals surface area contributed by atoms with E-state index in [0.717, 1.165) is 96.5 Å². The highest BCUT2D eigenvalue weighted by molar-refractivity contribution is 4.47. The lowest BCUT2D eigenvalue weighted by molar-refractivity contribution is 0.0434. The van der Waals surface area contributed by atoms with E-state index in [4.69, 9.17) is 28.4 Å². The number of rotatable bonds is 27. The first-order chi connectivity index (χ1) is 19.9. The molecule has 0 aliphatic heterocycles. The Morgan fingerprint density at radius 1 is 0.283 bits per heavy atom. The molecule has 0 unspecified atom stereocenters. The molecule has 6 heteroatoms. The molecule has 6 nitrogen and oxygen atoms in total. The predicted octanol–water partition coefficient (Wildman–Crippen LogP) is 12.3. The van der Waals surface area contributed by atoms with Crippen molar-refractivity contribution in [2.24, 2.45) is 17.8 Å². The molecule has 0 bridgehead atoms. The van der Waals surface area contributed by atoms with Crippen LogP contribution in [0.15, 0.2) is 0 Å². The fourth-order valence-corrected chi connectivity index (χ4v) is 3.53. The van der Waals surface area contributed by atoms with Crippen LogP contribution in [0.2, 0.25) is 0 Å². The maximum Gasteiger partial charge on any atom is 0.0518 e. The third-order valence-corrected chi connectivity index (χ3v) is 5.86. The van der Waals surface area contributed by atoms with Crippen molar-refractivity contribution in [3.05, 3.63) is 0 Å². The number of ether oxygens (including phenoxy) is 6. The van der Waals surface area contributed by atoms with Gasteiger partial charge in [-0.2, -0.15) is 0 Å².